The summed E-state index contributed by atoms with van der Waals surface area (Å²) < 4.78 is 27.5. The zero-order valence-corrected chi connectivity index (χ0v) is 14.1. The highest BCUT2D eigenvalue weighted by atomic mass is 32.2. The highest BCUT2D eigenvalue weighted by molar-refractivity contribution is 7.89. The summed E-state index contributed by atoms with van der Waals surface area (Å²) in [4.78, 5) is 12.5. The molecular formula is C16H23N3O3S. The summed E-state index contributed by atoms with van der Waals surface area (Å²) in [5.74, 6) is -0.116. The number of rotatable bonds is 5. The van der Waals surface area contributed by atoms with E-state index in [1.165, 1.54) is 0 Å². The van der Waals surface area contributed by atoms with Crippen molar-refractivity contribution in [3.05, 3.63) is 23.8 Å². The third-order valence-corrected chi connectivity index (χ3v) is 5.97. The number of carbonyl (C=O) groups excluding carboxylic acids is 1. The van der Waals surface area contributed by atoms with Crippen LogP contribution in [-0.4, -0.2) is 33.5 Å². The van der Waals surface area contributed by atoms with E-state index in [1.807, 2.05) is 0 Å². The van der Waals surface area contributed by atoms with Gasteiger partial charge in [-0.3, -0.25) is 4.79 Å². The number of hydrogen-bond acceptors (Lipinski definition) is 4. The molecule has 2 aliphatic rings. The van der Waals surface area contributed by atoms with Gasteiger partial charge in [0.1, 0.15) is 0 Å². The Morgan fingerprint density at radius 1 is 1.26 bits per heavy atom. The first-order valence-corrected chi connectivity index (χ1v) is 9.58. The Balaban J connectivity index is 1.75. The predicted octanol–water partition coefficient (Wildman–Crippen LogP) is 1.37. The van der Waals surface area contributed by atoms with Crippen molar-refractivity contribution in [2.45, 2.75) is 43.5 Å². The maximum atomic E-state index is 12.4. The van der Waals surface area contributed by atoms with Gasteiger partial charge in [-0.25, -0.2) is 13.1 Å². The first-order valence-electron chi connectivity index (χ1n) is 8.10. The van der Waals surface area contributed by atoms with Gasteiger partial charge in [-0.15, -0.1) is 0 Å². The van der Waals surface area contributed by atoms with Crippen LogP contribution in [0.15, 0.2) is 23.1 Å². The van der Waals surface area contributed by atoms with E-state index in [0.717, 1.165) is 32.2 Å². The molecule has 1 unspecified atom stereocenters. The van der Waals surface area contributed by atoms with Gasteiger partial charge >= 0.3 is 0 Å². The lowest BCUT2D eigenvalue weighted by Gasteiger charge is -2.22. The predicted molar refractivity (Wildman–Crippen MR) is 88.7 cm³/mol. The molecule has 1 heterocycles. The van der Waals surface area contributed by atoms with Crippen LogP contribution >= 0.6 is 0 Å². The average molecular weight is 337 g/mol. The van der Waals surface area contributed by atoms with Gasteiger partial charge in [0.2, 0.25) is 15.9 Å². The second kappa shape index (κ2) is 6.59. The van der Waals surface area contributed by atoms with E-state index < -0.39 is 10.0 Å². The fraction of sp³-hybridized carbons (Fsp3) is 0.562. The smallest absolute Gasteiger partial charge is 0.241 e. The molecule has 7 heteroatoms. The van der Waals surface area contributed by atoms with Crippen molar-refractivity contribution in [2.24, 2.45) is 5.92 Å². The zero-order chi connectivity index (χ0) is 16.4. The number of piperidine rings is 1. The van der Waals surface area contributed by atoms with Crippen LogP contribution < -0.4 is 15.4 Å². The van der Waals surface area contributed by atoms with Gasteiger partial charge in [-0.2, -0.15) is 0 Å². The molecule has 0 spiro atoms. The molecule has 1 aliphatic heterocycles. The van der Waals surface area contributed by atoms with Crippen molar-refractivity contribution < 1.29 is 13.2 Å². The van der Waals surface area contributed by atoms with E-state index in [0.29, 0.717) is 17.8 Å². The molecule has 3 N–H and O–H groups in total. The van der Waals surface area contributed by atoms with Gasteiger partial charge in [0, 0.05) is 18.3 Å². The van der Waals surface area contributed by atoms with Crippen molar-refractivity contribution in [1.29, 1.82) is 0 Å². The summed E-state index contributed by atoms with van der Waals surface area (Å²) in [6, 6.07) is 5.09. The van der Waals surface area contributed by atoms with Gasteiger partial charge in [0.15, 0.2) is 0 Å². The number of carbonyl (C=O) groups is 1. The molecule has 6 nitrogen and oxygen atoms in total. The summed E-state index contributed by atoms with van der Waals surface area (Å²) >= 11 is 0. The first-order chi connectivity index (χ1) is 11.0. The molecule has 0 aromatic heterocycles. The lowest BCUT2D eigenvalue weighted by Crippen LogP contribution is -2.37. The van der Waals surface area contributed by atoms with Gasteiger partial charge in [-0.1, -0.05) is 6.07 Å². The molecule has 23 heavy (non-hydrogen) atoms. The number of nitrogens with one attached hydrogen (secondary N) is 3. The number of amides is 1. The molecule has 1 amide bonds. The van der Waals surface area contributed by atoms with E-state index in [1.54, 1.807) is 25.1 Å². The Morgan fingerprint density at radius 2 is 2.04 bits per heavy atom. The normalized spacial score (nSPS) is 21.9. The highest BCUT2D eigenvalue weighted by Gasteiger charge is 2.29. The second-order valence-electron chi connectivity index (χ2n) is 6.41. The highest BCUT2D eigenvalue weighted by Crippen LogP contribution is 2.25. The van der Waals surface area contributed by atoms with Gasteiger partial charge < -0.3 is 10.6 Å². The van der Waals surface area contributed by atoms with E-state index in [4.69, 9.17) is 0 Å². The summed E-state index contributed by atoms with van der Waals surface area (Å²) in [6.07, 6.45) is 3.63. The van der Waals surface area contributed by atoms with Gasteiger partial charge in [-0.05, 0) is 56.8 Å². The van der Waals surface area contributed by atoms with E-state index in [2.05, 4.69) is 15.4 Å². The summed E-state index contributed by atoms with van der Waals surface area (Å²) in [5, 5.41) is 6.06. The Morgan fingerprint density at radius 3 is 2.70 bits per heavy atom. The van der Waals surface area contributed by atoms with Crippen LogP contribution in [0.25, 0.3) is 0 Å². The molecule has 1 saturated carbocycles. The topological polar surface area (TPSA) is 87.3 Å². The third kappa shape index (κ3) is 4.10. The Bertz CT molecular complexity index is 693. The molecule has 2 fully saturated rings. The average Bonchev–Trinajstić information content (AvgIpc) is 3.33. The lowest BCUT2D eigenvalue weighted by atomic mass is 9.99. The van der Waals surface area contributed by atoms with Crippen LogP contribution in [0.2, 0.25) is 0 Å². The van der Waals surface area contributed by atoms with Crippen LogP contribution in [0.5, 0.6) is 0 Å². The Hall–Kier alpha value is -1.44. The number of aryl methyl sites for hydroxylation is 1. The van der Waals surface area contributed by atoms with Crippen molar-refractivity contribution in [2.75, 3.05) is 18.4 Å². The second-order valence-corrected chi connectivity index (χ2v) is 8.09. The molecule has 1 saturated heterocycles. The molecule has 126 valence electrons. The maximum Gasteiger partial charge on any atom is 0.241 e. The van der Waals surface area contributed by atoms with Crippen LogP contribution in [0.1, 0.15) is 31.2 Å². The number of benzene rings is 1. The molecule has 1 atom stereocenters. The number of anilines is 1. The molecule has 1 aromatic carbocycles. The van der Waals surface area contributed by atoms with Crippen LogP contribution in [-0.2, 0) is 14.8 Å². The lowest BCUT2D eigenvalue weighted by molar-refractivity contribution is -0.120. The number of hydrogen-bond donors (Lipinski definition) is 3. The van der Waals surface area contributed by atoms with Crippen LogP contribution in [0.4, 0.5) is 5.69 Å². The quantitative estimate of drug-likeness (QED) is 0.757. The largest absolute Gasteiger partial charge is 0.326 e. The summed E-state index contributed by atoms with van der Waals surface area (Å²) in [6.45, 7) is 3.38. The van der Waals surface area contributed by atoms with Crippen molar-refractivity contribution in [1.82, 2.24) is 10.0 Å². The SMILES string of the molecule is Cc1ccc(NC(=O)C2CCCNC2)cc1S(=O)(=O)NC1CC1. The fourth-order valence-corrected chi connectivity index (χ4v) is 4.35. The van der Waals surface area contributed by atoms with Gasteiger partial charge in [0.05, 0.1) is 10.8 Å². The molecule has 1 aliphatic carbocycles. The minimum Gasteiger partial charge on any atom is -0.326 e. The van der Waals surface area contributed by atoms with E-state index in [-0.39, 0.29) is 22.8 Å². The van der Waals surface area contributed by atoms with Crippen molar-refractivity contribution in [3.63, 3.8) is 0 Å². The van der Waals surface area contributed by atoms with Crippen molar-refractivity contribution in [3.8, 4) is 0 Å². The van der Waals surface area contributed by atoms with Gasteiger partial charge in [0.25, 0.3) is 0 Å². The van der Waals surface area contributed by atoms with Crippen molar-refractivity contribution >= 4 is 21.6 Å². The zero-order valence-electron chi connectivity index (χ0n) is 13.3. The number of sulfonamides is 1. The summed E-state index contributed by atoms with van der Waals surface area (Å²) in [5.41, 5.74) is 1.21. The minimum atomic E-state index is -3.52. The first kappa shape index (κ1) is 16.4. The molecular weight excluding hydrogens is 314 g/mol. The van der Waals surface area contributed by atoms with E-state index in [9.17, 15) is 13.2 Å². The molecule has 3 rings (SSSR count). The molecule has 1 aromatic rings. The minimum absolute atomic E-state index is 0.0560. The molecule has 0 radical (unpaired) electrons. The Kier molecular flexibility index (Phi) is 4.70. The standard InChI is InChI=1S/C16H23N3O3S/c1-11-4-5-14(18-16(20)12-3-2-8-17-10-12)9-15(11)23(21,22)19-13-6-7-13/h4-5,9,12-13,17,19H,2-3,6-8,10H2,1H3,(H,18,20). The monoisotopic (exact) mass is 337 g/mol. The third-order valence-electron chi connectivity index (χ3n) is 4.31. The van der Waals surface area contributed by atoms with Crippen LogP contribution in [0.3, 0.4) is 0 Å². The van der Waals surface area contributed by atoms with Crippen LogP contribution in [0, 0.1) is 12.8 Å². The van der Waals surface area contributed by atoms with E-state index >= 15 is 0 Å². The fourth-order valence-electron chi connectivity index (χ4n) is 2.77. The maximum absolute atomic E-state index is 12.4. The molecule has 0 bridgehead atoms. The summed E-state index contributed by atoms with van der Waals surface area (Å²) in [7, 11) is -3.52. The Labute approximate surface area is 137 Å².